The van der Waals surface area contributed by atoms with Crippen LogP contribution < -0.4 is 10.5 Å². The van der Waals surface area contributed by atoms with Gasteiger partial charge in [-0.3, -0.25) is 0 Å². The van der Waals surface area contributed by atoms with E-state index in [-0.39, 0.29) is 11.8 Å². The van der Waals surface area contributed by atoms with Gasteiger partial charge in [0, 0.05) is 11.8 Å². The van der Waals surface area contributed by atoms with E-state index in [2.05, 4.69) is 0 Å². The summed E-state index contributed by atoms with van der Waals surface area (Å²) >= 11 is 0. The summed E-state index contributed by atoms with van der Waals surface area (Å²) in [6.07, 6.45) is -15.4. The fraction of sp³-hybridized carbons (Fsp3) is 0.200. The van der Waals surface area contributed by atoms with Gasteiger partial charge in [-0.1, -0.05) is 0 Å². The maximum absolute atomic E-state index is 12.9. The third-order valence-corrected chi connectivity index (χ3v) is 3.15. The first-order chi connectivity index (χ1) is 11.7. The fourth-order valence-electron chi connectivity index (χ4n) is 2.08. The second-order valence-corrected chi connectivity index (χ2v) is 5.05. The highest BCUT2D eigenvalue weighted by Crippen LogP contribution is 2.45. The van der Waals surface area contributed by atoms with E-state index >= 15 is 0 Å². The molecule has 0 atom stereocenters. The van der Waals surface area contributed by atoms with Gasteiger partial charge in [0.05, 0.1) is 16.7 Å². The Labute approximate surface area is 140 Å². The van der Waals surface area contributed by atoms with Crippen LogP contribution in [0.15, 0.2) is 36.4 Å². The molecule has 26 heavy (non-hydrogen) atoms. The number of hydrogen-bond donors (Lipinski definition) is 1. The topological polar surface area (TPSA) is 35.2 Å². The Hall–Kier alpha value is -2.59. The minimum atomic E-state index is -5.38. The van der Waals surface area contributed by atoms with Gasteiger partial charge in [-0.25, -0.2) is 0 Å². The predicted octanol–water partition coefficient (Wildman–Crippen LogP) is 6.12. The van der Waals surface area contributed by atoms with Gasteiger partial charge < -0.3 is 10.5 Å². The number of halogens is 9. The van der Waals surface area contributed by atoms with Gasteiger partial charge in [-0.15, -0.1) is 0 Å². The van der Waals surface area contributed by atoms with Crippen LogP contribution in [0.2, 0.25) is 0 Å². The molecular weight excluding hydrogens is 381 g/mol. The van der Waals surface area contributed by atoms with Crippen molar-refractivity contribution in [1.82, 2.24) is 0 Å². The lowest BCUT2D eigenvalue weighted by Crippen LogP contribution is -2.18. The molecule has 0 spiro atoms. The van der Waals surface area contributed by atoms with Gasteiger partial charge in [-0.2, -0.15) is 39.5 Å². The maximum Gasteiger partial charge on any atom is 0.418 e. The Bertz CT molecular complexity index is 789. The number of rotatable bonds is 2. The standard InChI is InChI=1S/C15H8F9NO/c16-13(17,18)7-1-3-8(4-2-7)26-9-5-10(14(19,20)21)12(11(25)6-9)15(22,23)24/h1-6H,25H2. The number of nitrogen functional groups attached to an aromatic ring is 1. The highest BCUT2D eigenvalue weighted by Gasteiger charge is 2.45. The maximum atomic E-state index is 12.9. The Morgan fingerprint density at radius 3 is 1.62 bits per heavy atom. The number of ether oxygens (including phenoxy) is 1. The van der Waals surface area contributed by atoms with E-state index in [0.717, 1.165) is 12.1 Å². The van der Waals surface area contributed by atoms with Crippen LogP contribution in [0.3, 0.4) is 0 Å². The van der Waals surface area contributed by atoms with Gasteiger partial charge in [-0.05, 0) is 30.3 Å². The molecule has 2 rings (SSSR count). The van der Waals surface area contributed by atoms with Crippen molar-refractivity contribution in [3.63, 3.8) is 0 Å². The smallest absolute Gasteiger partial charge is 0.418 e. The molecule has 0 radical (unpaired) electrons. The van der Waals surface area contributed by atoms with E-state index in [4.69, 9.17) is 10.5 Å². The molecule has 0 amide bonds. The summed E-state index contributed by atoms with van der Waals surface area (Å²) < 4.78 is 120. The summed E-state index contributed by atoms with van der Waals surface area (Å²) in [6, 6.07) is 3.42. The van der Waals surface area contributed by atoms with Crippen LogP contribution in [0.4, 0.5) is 45.2 Å². The van der Waals surface area contributed by atoms with E-state index in [1.807, 2.05) is 0 Å². The van der Waals surface area contributed by atoms with Crippen LogP contribution in [0.5, 0.6) is 11.5 Å². The molecule has 142 valence electrons. The zero-order valence-electron chi connectivity index (χ0n) is 12.4. The molecule has 0 aliphatic heterocycles. The molecule has 0 saturated carbocycles. The first-order valence-corrected chi connectivity index (χ1v) is 6.62. The van der Waals surface area contributed by atoms with E-state index in [1.165, 1.54) is 0 Å². The Morgan fingerprint density at radius 1 is 0.654 bits per heavy atom. The van der Waals surface area contributed by atoms with Crippen LogP contribution in [0, 0.1) is 0 Å². The third-order valence-electron chi connectivity index (χ3n) is 3.15. The number of anilines is 1. The van der Waals surface area contributed by atoms with E-state index in [0.29, 0.717) is 18.2 Å². The zero-order valence-corrected chi connectivity index (χ0v) is 12.4. The molecule has 0 aliphatic rings. The molecule has 0 aliphatic carbocycles. The minimum absolute atomic E-state index is 0.0802. The zero-order chi connectivity index (χ0) is 19.9. The summed E-state index contributed by atoms with van der Waals surface area (Å²) in [5, 5.41) is 0. The predicted molar refractivity (Wildman–Crippen MR) is 72.4 cm³/mol. The number of hydrogen-bond acceptors (Lipinski definition) is 2. The fourth-order valence-corrected chi connectivity index (χ4v) is 2.08. The average molecular weight is 389 g/mol. The van der Waals surface area contributed by atoms with Gasteiger partial charge >= 0.3 is 18.5 Å². The molecule has 2 N–H and O–H groups in total. The van der Waals surface area contributed by atoms with Crippen molar-refractivity contribution in [2.45, 2.75) is 18.5 Å². The normalized spacial score (nSPS) is 13.0. The molecule has 2 aromatic rings. The molecule has 0 saturated heterocycles. The van der Waals surface area contributed by atoms with E-state index in [9.17, 15) is 39.5 Å². The highest BCUT2D eigenvalue weighted by molar-refractivity contribution is 5.58. The second kappa shape index (κ2) is 6.29. The molecule has 0 fully saturated rings. The van der Waals surface area contributed by atoms with Gasteiger partial charge in [0.15, 0.2) is 0 Å². The monoisotopic (exact) mass is 389 g/mol. The van der Waals surface area contributed by atoms with Crippen molar-refractivity contribution < 1.29 is 44.3 Å². The molecule has 11 heteroatoms. The second-order valence-electron chi connectivity index (χ2n) is 5.05. The highest BCUT2D eigenvalue weighted by atomic mass is 19.4. The lowest BCUT2D eigenvalue weighted by Gasteiger charge is -2.19. The largest absolute Gasteiger partial charge is 0.457 e. The van der Waals surface area contributed by atoms with Crippen molar-refractivity contribution in [3.05, 3.63) is 53.1 Å². The molecule has 0 heterocycles. The first-order valence-electron chi connectivity index (χ1n) is 6.62. The molecule has 2 nitrogen and oxygen atoms in total. The van der Waals surface area contributed by atoms with Gasteiger partial charge in [0.25, 0.3) is 0 Å². The summed E-state index contributed by atoms with van der Waals surface area (Å²) in [7, 11) is 0. The van der Waals surface area contributed by atoms with Crippen LogP contribution in [-0.2, 0) is 18.5 Å². The number of benzene rings is 2. The SMILES string of the molecule is Nc1cc(Oc2ccc(C(F)(F)F)cc2)cc(C(F)(F)F)c1C(F)(F)F. The third kappa shape index (κ3) is 4.33. The summed E-state index contributed by atoms with van der Waals surface area (Å²) in [5.41, 5.74) is -1.30. The molecule has 0 unspecified atom stereocenters. The lowest BCUT2D eigenvalue weighted by atomic mass is 10.0. The quantitative estimate of drug-likeness (QED) is 0.496. The van der Waals surface area contributed by atoms with E-state index in [1.54, 1.807) is 0 Å². The Balaban J connectivity index is 2.44. The van der Waals surface area contributed by atoms with Gasteiger partial charge in [0.1, 0.15) is 11.5 Å². The minimum Gasteiger partial charge on any atom is -0.457 e. The van der Waals surface area contributed by atoms with E-state index < -0.39 is 46.7 Å². The van der Waals surface area contributed by atoms with Crippen molar-refractivity contribution in [2.24, 2.45) is 0 Å². The van der Waals surface area contributed by atoms with Crippen LogP contribution in [-0.4, -0.2) is 0 Å². The molecule has 2 aromatic carbocycles. The summed E-state index contributed by atoms with van der Waals surface area (Å²) in [6.45, 7) is 0. The van der Waals surface area contributed by atoms with Crippen LogP contribution >= 0.6 is 0 Å². The molecule has 0 bridgehead atoms. The molecule has 0 aromatic heterocycles. The van der Waals surface area contributed by atoms with Crippen LogP contribution in [0.1, 0.15) is 16.7 Å². The number of nitrogens with two attached hydrogens (primary N) is 1. The van der Waals surface area contributed by atoms with Crippen molar-refractivity contribution >= 4 is 5.69 Å². The Kier molecular flexibility index (Phi) is 4.77. The summed E-state index contributed by atoms with van der Waals surface area (Å²) in [4.78, 5) is 0. The van der Waals surface area contributed by atoms with Crippen molar-refractivity contribution in [2.75, 3.05) is 5.73 Å². The molecular formula is C15H8F9NO. The van der Waals surface area contributed by atoms with Crippen LogP contribution in [0.25, 0.3) is 0 Å². The number of alkyl halides is 9. The lowest BCUT2D eigenvalue weighted by molar-refractivity contribution is -0.161. The Morgan fingerprint density at radius 2 is 1.19 bits per heavy atom. The first kappa shape index (κ1) is 19.7. The average Bonchev–Trinajstić information content (AvgIpc) is 2.43. The van der Waals surface area contributed by atoms with Crippen molar-refractivity contribution in [3.8, 4) is 11.5 Å². The van der Waals surface area contributed by atoms with Crippen molar-refractivity contribution in [1.29, 1.82) is 0 Å². The van der Waals surface area contributed by atoms with Gasteiger partial charge in [0.2, 0.25) is 0 Å². The summed E-state index contributed by atoms with van der Waals surface area (Å²) in [5.74, 6) is -1.02.